The number of hydrogen-bond donors (Lipinski definition) is 6. The molecule has 1 aliphatic rings. The molecule has 32 heavy (non-hydrogen) atoms. The molecule has 0 spiro atoms. The molecule has 178 valence electrons. The third-order valence-corrected chi connectivity index (χ3v) is 5.74. The molecule has 12 nitrogen and oxygen atoms in total. The lowest BCUT2D eigenvalue weighted by molar-refractivity contribution is -0.144. The van der Waals surface area contributed by atoms with E-state index in [1.165, 1.54) is 17.4 Å². The van der Waals surface area contributed by atoms with Crippen molar-refractivity contribution in [3.63, 3.8) is 0 Å². The van der Waals surface area contributed by atoms with E-state index in [0.717, 1.165) is 0 Å². The molecule has 0 saturated carbocycles. The molecule has 1 aliphatic heterocycles. The number of carbonyl (C=O) groups is 4. The number of amides is 3. The first-order chi connectivity index (χ1) is 15.2. The Balaban J connectivity index is 2.17. The van der Waals surface area contributed by atoms with Crippen LogP contribution >= 0.6 is 0 Å². The van der Waals surface area contributed by atoms with E-state index in [4.69, 9.17) is 10.8 Å². The Morgan fingerprint density at radius 1 is 1.34 bits per heavy atom. The number of aliphatic carboxylic acids is 1. The van der Waals surface area contributed by atoms with Crippen LogP contribution in [0.1, 0.15) is 38.8 Å². The highest BCUT2D eigenvalue weighted by Crippen LogP contribution is 2.19. The van der Waals surface area contributed by atoms with Crippen molar-refractivity contribution in [1.82, 2.24) is 25.5 Å². The Kier molecular flexibility index (Phi) is 9.14. The molecule has 1 aromatic rings. The van der Waals surface area contributed by atoms with Crippen molar-refractivity contribution in [3.05, 3.63) is 18.2 Å². The number of imidazole rings is 1. The zero-order valence-corrected chi connectivity index (χ0v) is 18.3. The quantitative estimate of drug-likeness (QED) is 0.230. The topological polar surface area (TPSA) is 191 Å². The van der Waals surface area contributed by atoms with Gasteiger partial charge in [0.25, 0.3) is 0 Å². The number of aliphatic hydroxyl groups excluding tert-OH is 1. The smallest absolute Gasteiger partial charge is 0.326 e. The summed E-state index contributed by atoms with van der Waals surface area (Å²) in [6, 6.07) is -4.15. The van der Waals surface area contributed by atoms with E-state index in [1.807, 2.05) is 6.92 Å². The van der Waals surface area contributed by atoms with Crippen LogP contribution in [0.4, 0.5) is 0 Å². The second kappa shape index (κ2) is 11.6. The Morgan fingerprint density at radius 3 is 2.62 bits per heavy atom. The van der Waals surface area contributed by atoms with Crippen molar-refractivity contribution >= 4 is 23.7 Å². The number of rotatable bonds is 11. The number of aliphatic hydroxyl groups is 1. The molecular weight excluding hydrogens is 420 g/mol. The number of hydrogen-bond acceptors (Lipinski definition) is 7. The second-order valence-corrected chi connectivity index (χ2v) is 8.03. The van der Waals surface area contributed by atoms with Gasteiger partial charge in [-0.25, -0.2) is 9.78 Å². The molecule has 0 aromatic carbocycles. The summed E-state index contributed by atoms with van der Waals surface area (Å²) < 4.78 is 0. The van der Waals surface area contributed by atoms with Crippen molar-refractivity contribution in [2.45, 2.75) is 63.7 Å². The van der Waals surface area contributed by atoms with Gasteiger partial charge < -0.3 is 36.5 Å². The third kappa shape index (κ3) is 6.26. The molecule has 7 N–H and O–H groups in total. The van der Waals surface area contributed by atoms with Crippen LogP contribution in [0, 0.1) is 5.92 Å². The zero-order valence-electron chi connectivity index (χ0n) is 18.3. The highest BCUT2D eigenvalue weighted by Gasteiger charge is 2.38. The number of H-pyrrole nitrogens is 1. The minimum absolute atomic E-state index is 0.0568. The van der Waals surface area contributed by atoms with Gasteiger partial charge in [0.2, 0.25) is 17.7 Å². The van der Waals surface area contributed by atoms with Crippen LogP contribution < -0.4 is 16.4 Å². The zero-order chi connectivity index (χ0) is 23.8. The number of nitrogens with one attached hydrogen (secondary N) is 3. The van der Waals surface area contributed by atoms with E-state index in [-0.39, 0.29) is 12.3 Å². The van der Waals surface area contributed by atoms with E-state index in [9.17, 15) is 24.3 Å². The maximum Gasteiger partial charge on any atom is 0.326 e. The summed E-state index contributed by atoms with van der Waals surface area (Å²) in [6.45, 7) is 3.31. The summed E-state index contributed by atoms with van der Waals surface area (Å²) in [5.41, 5.74) is 6.19. The van der Waals surface area contributed by atoms with Gasteiger partial charge in [-0.15, -0.1) is 0 Å². The van der Waals surface area contributed by atoms with Gasteiger partial charge in [-0.05, 0) is 18.8 Å². The number of aromatic amines is 1. The van der Waals surface area contributed by atoms with E-state index in [0.29, 0.717) is 31.5 Å². The van der Waals surface area contributed by atoms with Crippen molar-refractivity contribution in [3.8, 4) is 0 Å². The Labute approximate surface area is 185 Å². The lowest BCUT2D eigenvalue weighted by Crippen LogP contribution is -2.58. The molecular formula is C20H32N6O6. The van der Waals surface area contributed by atoms with Gasteiger partial charge in [-0.2, -0.15) is 0 Å². The molecule has 0 aliphatic carbocycles. The molecule has 0 radical (unpaired) electrons. The second-order valence-electron chi connectivity index (χ2n) is 8.03. The van der Waals surface area contributed by atoms with Gasteiger partial charge in [-0.3, -0.25) is 14.4 Å². The maximum absolute atomic E-state index is 13.0. The first-order valence-electron chi connectivity index (χ1n) is 10.7. The minimum Gasteiger partial charge on any atom is -0.480 e. The number of carbonyl (C=O) groups excluding carboxylic acids is 3. The Morgan fingerprint density at radius 2 is 2.06 bits per heavy atom. The molecule has 2 heterocycles. The molecule has 1 aromatic heterocycles. The fourth-order valence-corrected chi connectivity index (χ4v) is 3.62. The number of nitrogens with zero attached hydrogens (tertiary/aromatic N) is 2. The fraction of sp³-hybridized carbons (Fsp3) is 0.650. The molecule has 1 saturated heterocycles. The van der Waals surface area contributed by atoms with Crippen LogP contribution in [0.5, 0.6) is 0 Å². The van der Waals surface area contributed by atoms with Gasteiger partial charge in [-0.1, -0.05) is 20.3 Å². The van der Waals surface area contributed by atoms with Gasteiger partial charge in [0.15, 0.2) is 0 Å². The summed E-state index contributed by atoms with van der Waals surface area (Å²) in [6.07, 6.45) is 4.49. The fourth-order valence-electron chi connectivity index (χ4n) is 3.62. The SMILES string of the molecule is CCC(C)C(NC(=O)C(Cc1cnc[nH]1)NC(=O)C1CCCN1C(=O)C(N)CO)C(=O)O. The van der Waals surface area contributed by atoms with E-state index >= 15 is 0 Å². The lowest BCUT2D eigenvalue weighted by Gasteiger charge is -2.28. The standard InChI is InChI=1S/C20H32N6O6/c1-3-11(2)16(20(31)32)25-17(28)14(7-12-8-22-10-23-12)24-18(29)15-5-4-6-26(15)19(30)13(21)9-27/h8,10-11,13-16,27H,3-7,9,21H2,1-2H3,(H,22,23)(H,24,29)(H,25,28)(H,31,32). The average Bonchev–Trinajstić information content (AvgIpc) is 3.46. The van der Waals surface area contributed by atoms with E-state index in [1.54, 1.807) is 6.92 Å². The summed E-state index contributed by atoms with van der Waals surface area (Å²) in [4.78, 5) is 58.0. The predicted octanol–water partition coefficient (Wildman–Crippen LogP) is -1.64. The summed E-state index contributed by atoms with van der Waals surface area (Å²) in [5, 5.41) is 23.8. The van der Waals surface area contributed by atoms with Crippen LogP contribution in [0.15, 0.2) is 12.5 Å². The predicted molar refractivity (Wildman–Crippen MR) is 113 cm³/mol. The largest absolute Gasteiger partial charge is 0.480 e. The Hall–Kier alpha value is -2.99. The van der Waals surface area contributed by atoms with Gasteiger partial charge >= 0.3 is 5.97 Å². The molecule has 0 bridgehead atoms. The van der Waals surface area contributed by atoms with Gasteiger partial charge in [0, 0.05) is 24.9 Å². The summed E-state index contributed by atoms with van der Waals surface area (Å²) >= 11 is 0. The van der Waals surface area contributed by atoms with Crippen LogP contribution in [0.3, 0.4) is 0 Å². The third-order valence-electron chi connectivity index (χ3n) is 5.74. The number of carboxylic acid groups (broad SMARTS) is 1. The van der Waals surface area contributed by atoms with Gasteiger partial charge in [0.1, 0.15) is 24.2 Å². The highest BCUT2D eigenvalue weighted by molar-refractivity contribution is 5.94. The van der Waals surface area contributed by atoms with Crippen LogP contribution in [0.2, 0.25) is 0 Å². The van der Waals surface area contributed by atoms with Gasteiger partial charge in [0.05, 0.1) is 12.9 Å². The number of nitrogens with two attached hydrogens (primary N) is 1. The number of aromatic nitrogens is 2. The minimum atomic E-state index is -1.16. The van der Waals surface area contributed by atoms with Crippen LogP contribution in [-0.2, 0) is 25.6 Å². The molecule has 5 unspecified atom stereocenters. The van der Waals surface area contributed by atoms with E-state index in [2.05, 4.69) is 20.6 Å². The monoisotopic (exact) mass is 452 g/mol. The molecule has 3 amide bonds. The summed E-state index contributed by atoms with van der Waals surface area (Å²) in [7, 11) is 0. The normalized spacial score (nSPS) is 19.6. The van der Waals surface area contributed by atoms with Crippen molar-refractivity contribution in [2.24, 2.45) is 11.7 Å². The van der Waals surface area contributed by atoms with Crippen molar-refractivity contribution in [2.75, 3.05) is 13.2 Å². The molecule has 12 heteroatoms. The molecule has 5 atom stereocenters. The molecule has 2 rings (SSSR count). The van der Waals surface area contributed by atoms with Crippen molar-refractivity contribution < 1.29 is 29.4 Å². The van der Waals surface area contributed by atoms with Crippen molar-refractivity contribution in [1.29, 1.82) is 0 Å². The Bertz CT molecular complexity index is 801. The first-order valence-corrected chi connectivity index (χ1v) is 10.7. The van der Waals surface area contributed by atoms with Crippen LogP contribution in [0.25, 0.3) is 0 Å². The average molecular weight is 453 g/mol. The number of carboxylic acids is 1. The van der Waals surface area contributed by atoms with E-state index < -0.39 is 54.5 Å². The lowest BCUT2D eigenvalue weighted by atomic mass is 9.98. The number of likely N-dealkylation sites (tertiary alicyclic amines) is 1. The maximum atomic E-state index is 13.0. The van der Waals surface area contributed by atoms with Crippen LogP contribution in [-0.4, -0.2) is 86.1 Å². The molecule has 1 fully saturated rings. The highest BCUT2D eigenvalue weighted by atomic mass is 16.4. The first kappa shape index (κ1) is 25.3. The summed E-state index contributed by atoms with van der Waals surface area (Å²) in [5.74, 6) is -3.21.